The number of carbonyl (C=O) groups is 1. The van der Waals surface area contributed by atoms with Crippen LogP contribution in [0.2, 0.25) is 5.02 Å². The summed E-state index contributed by atoms with van der Waals surface area (Å²) < 4.78 is 5.09. The maximum Gasteiger partial charge on any atom is 0.251 e. The summed E-state index contributed by atoms with van der Waals surface area (Å²) in [7, 11) is 1.54. The predicted octanol–water partition coefficient (Wildman–Crippen LogP) is 4.46. The van der Waals surface area contributed by atoms with E-state index in [1.54, 1.807) is 25.3 Å². The highest BCUT2D eigenvalue weighted by molar-refractivity contribution is 6.32. The van der Waals surface area contributed by atoms with Gasteiger partial charge in [0.2, 0.25) is 0 Å². The van der Waals surface area contributed by atoms with Crippen LogP contribution in [-0.2, 0) is 0 Å². The maximum absolute atomic E-state index is 12.3. The van der Waals surface area contributed by atoms with Crippen molar-refractivity contribution in [1.29, 1.82) is 0 Å². The third kappa shape index (κ3) is 3.60. The van der Waals surface area contributed by atoms with Gasteiger partial charge >= 0.3 is 0 Å². The van der Waals surface area contributed by atoms with Crippen molar-refractivity contribution in [3.05, 3.63) is 63.7 Å². The standard InChI is InChI=1S/C18H20ClNO2/c1-11-5-7-15(12(2)9-11)13(3)20-18(21)14-6-8-17(22-4)16(19)10-14/h5-10,13H,1-4H3,(H,20,21)/t13-/m0/s1. The minimum Gasteiger partial charge on any atom is -0.495 e. The van der Waals surface area contributed by atoms with Crippen molar-refractivity contribution in [3.8, 4) is 5.75 Å². The average Bonchev–Trinajstić information content (AvgIpc) is 2.46. The molecule has 0 saturated carbocycles. The first kappa shape index (κ1) is 16.4. The van der Waals surface area contributed by atoms with Crippen LogP contribution in [0.15, 0.2) is 36.4 Å². The molecule has 2 aromatic carbocycles. The van der Waals surface area contributed by atoms with Crippen molar-refractivity contribution in [1.82, 2.24) is 5.32 Å². The van der Waals surface area contributed by atoms with Crippen LogP contribution in [0.4, 0.5) is 0 Å². The monoisotopic (exact) mass is 317 g/mol. The van der Waals surface area contributed by atoms with Gasteiger partial charge in [0, 0.05) is 5.56 Å². The lowest BCUT2D eigenvalue weighted by molar-refractivity contribution is 0.0940. The molecule has 0 saturated heterocycles. The van der Waals surface area contributed by atoms with E-state index >= 15 is 0 Å². The van der Waals surface area contributed by atoms with Crippen LogP contribution in [-0.4, -0.2) is 13.0 Å². The van der Waals surface area contributed by atoms with Crippen molar-refractivity contribution < 1.29 is 9.53 Å². The number of hydrogen-bond donors (Lipinski definition) is 1. The third-order valence-corrected chi connectivity index (χ3v) is 3.95. The smallest absolute Gasteiger partial charge is 0.251 e. The molecule has 0 unspecified atom stereocenters. The molecule has 3 nitrogen and oxygen atoms in total. The van der Waals surface area contributed by atoms with Gasteiger partial charge in [-0.25, -0.2) is 0 Å². The Morgan fingerprint density at radius 1 is 1.18 bits per heavy atom. The molecule has 0 bridgehead atoms. The van der Waals surface area contributed by atoms with Crippen LogP contribution >= 0.6 is 11.6 Å². The molecule has 0 aromatic heterocycles. The highest BCUT2D eigenvalue weighted by atomic mass is 35.5. The summed E-state index contributed by atoms with van der Waals surface area (Å²) in [5, 5.41) is 3.42. The van der Waals surface area contributed by atoms with E-state index in [1.807, 2.05) is 6.92 Å². The SMILES string of the molecule is COc1ccc(C(=O)N[C@@H](C)c2ccc(C)cc2C)cc1Cl. The molecular weight excluding hydrogens is 298 g/mol. The summed E-state index contributed by atoms with van der Waals surface area (Å²) in [5.41, 5.74) is 4.00. The normalized spacial score (nSPS) is 11.9. The average molecular weight is 318 g/mol. The number of halogens is 1. The number of rotatable bonds is 4. The van der Waals surface area contributed by atoms with Crippen molar-refractivity contribution in [3.63, 3.8) is 0 Å². The molecule has 0 radical (unpaired) electrons. The van der Waals surface area contributed by atoms with E-state index < -0.39 is 0 Å². The third-order valence-electron chi connectivity index (χ3n) is 3.65. The van der Waals surface area contributed by atoms with Gasteiger partial charge < -0.3 is 10.1 Å². The van der Waals surface area contributed by atoms with Crippen LogP contribution in [0.5, 0.6) is 5.75 Å². The van der Waals surface area contributed by atoms with Gasteiger partial charge in [-0.05, 0) is 50.1 Å². The van der Waals surface area contributed by atoms with E-state index in [9.17, 15) is 4.79 Å². The Kier molecular flexibility index (Phi) is 5.09. The number of methoxy groups -OCH3 is 1. The van der Waals surface area contributed by atoms with Gasteiger partial charge in [0.15, 0.2) is 0 Å². The van der Waals surface area contributed by atoms with Gasteiger partial charge in [-0.3, -0.25) is 4.79 Å². The van der Waals surface area contributed by atoms with Crippen molar-refractivity contribution in [2.75, 3.05) is 7.11 Å². The van der Waals surface area contributed by atoms with Crippen molar-refractivity contribution in [2.24, 2.45) is 0 Å². The van der Waals surface area contributed by atoms with Crippen LogP contribution in [0.3, 0.4) is 0 Å². The number of carbonyl (C=O) groups excluding carboxylic acids is 1. The summed E-state index contributed by atoms with van der Waals surface area (Å²) >= 11 is 6.06. The van der Waals surface area contributed by atoms with Gasteiger partial charge in [-0.15, -0.1) is 0 Å². The Bertz CT molecular complexity index is 697. The van der Waals surface area contributed by atoms with Gasteiger partial charge in [-0.2, -0.15) is 0 Å². The molecule has 0 aliphatic rings. The Balaban J connectivity index is 2.15. The molecule has 1 atom stereocenters. The molecule has 4 heteroatoms. The molecule has 0 spiro atoms. The molecule has 1 amide bonds. The van der Waals surface area contributed by atoms with Crippen LogP contribution in [0.25, 0.3) is 0 Å². The zero-order valence-corrected chi connectivity index (χ0v) is 14.0. The second kappa shape index (κ2) is 6.84. The zero-order chi connectivity index (χ0) is 16.3. The Hall–Kier alpha value is -2.00. The molecule has 116 valence electrons. The summed E-state index contributed by atoms with van der Waals surface area (Å²) in [4.78, 5) is 12.3. The zero-order valence-electron chi connectivity index (χ0n) is 13.2. The van der Waals surface area contributed by atoms with E-state index in [1.165, 1.54) is 11.1 Å². The van der Waals surface area contributed by atoms with E-state index in [0.29, 0.717) is 16.3 Å². The summed E-state index contributed by atoms with van der Waals surface area (Å²) in [6.07, 6.45) is 0. The second-order valence-corrected chi connectivity index (χ2v) is 5.81. The summed E-state index contributed by atoms with van der Waals surface area (Å²) in [6.45, 7) is 6.08. The minimum atomic E-state index is -0.156. The summed E-state index contributed by atoms with van der Waals surface area (Å²) in [6, 6.07) is 11.2. The molecule has 1 N–H and O–H groups in total. The molecule has 0 aliphatic carbocycles. The molecular formula is C18H20ClNO2. The maximum atomic E-state index is 12.3. The van der Waals surface area contributed by atoms with Gasteiger partial charge in [0.05, 0.1) is 18.2 Å². The fourth-order valence-electron chi connectivity index (χ4n) is 2.48. The number of amides is 1. The fourth-order valence-corrected chi connectivity index (χ4v) is 2.73. The number of benzene rings is 2. The first-order chi connectivity index (χ1) is 10.4. The second-order valence-electron chi connectivity index (χ2n) is 5.40. The lowest BCUT2D eigenvalue weighted by atomic mass is 10.00. The van der Waals surface area contributed by atoms with Crippen LogP contribution in [0.1, 0.15) is 40.0 Å². The Morgan fingerprint density at radius 3 is 2.50 bits per heavy atom. The number of ether oxygens (including phenoxy) is 1. The molecule has 2 rings (SSSR count). The number of nitrogens with one attached hydrogen (secondary N) is 1. The molecule has 22 heavy (non-hydrogen) atoms. The molecule has 0 heterocycles. The molecule has 0 fully saturated rings. The lowest BCUT2D eigenvalue weighted by Crippen LogP contribution is -2.27. The van der Waals surface area contributed by atoms with Gasteiger partial charge in [-0.1, -0.05) is 35.4 Å². The van der Waals surface area contributed by atoms with Gasteiger partial charge in [0.25, 0.3) is 5.91 Å². The lowest BCUT2D eigenvalue weighted by Gasteiger charge is -2.17. The molecule has 2 aromatic rings. The first-order valence-corrected chi connectivity index (χ1v) is 7.51. The topological polar surface area (TPSA) is 38.3 Å². The largest absolute Gasteiger partial charge is 0.495 e. The van der Waals surface area contributed by atoms with Crippen molar-refractivity contribution in [2.45, 2.75) is 26.8 Å². The number of aryl methyl sites for hydroxylation is 2. The van der Waals surface area contributed by atoms with E-state index in [4.69, 9.17) is 16.3 Å². The first-order valence-electron chi connectivity index (χ1n) is 7.14. The van der Waals surface area contributed by atoms with E-state index in [0.717, 1.165) is 5.56 Å². The fraction of sp³-hybridized carbons (Fsp3) is 0.278. The van der Waals surface area contributed by atoms with Crippen LogP contribution in [0, 0.1) is 13.8 Å². The Morgan fingerprint density at radius 2 is 1.91 bits per heavy atom. The Labute approximate surface area is 136 Å². The quantitative estimate of drug-likeness (QED) is 0.904. The number of hydrogen-bond acceptors (Lipinski definition) is 2. The molecule has 0 aliphatic heterocycles. The van der Waals surface area contributed by atoms with Crippen molar-refractivity contribution >= 4 is 17.5 Å². The highest BCUT2D eigenvalue weighted by Crippen LogP contribution is 2.25. The highest BCUT2D eigenvalue weighted by Gasteiger charge is 2.14. The van der Waals surface area contributed by atoms with E-state index in [2.05, 4.69) is 37.4 Å². The summed E-state index contributed by atoms with van der Waals surface area (Å²) in [5.74, 6) is 0.401. The van der Waals surface area contributed by atoms with E-state index in [-0.39, 0.29) is 11.9 Å². The van der Waals surface area contributed by atoms with Gasteiger partial charge in [0.1, 0.15) is 5.75 Å². The minimum absolute atomic E-state index is 0.0750. The van der Waals surface area contributed by atoms with Crippen LogP contribution < -0.4 is 10.1 Å². The predicted molar refractivity (Wildman–Crippen MR) is 89.8 cm³/mol.